The molecule has 0 aliphatic rings. The smallest absolute Gasteiger partial charge is 0.503 e. The van der Waals surface area contributed by atoms with E-state index in [4.69, 9.17) is 9.47 Å². The number of pyridine rings is 2. The van der Waals surface area contributed by atoms with Crippen molar-refractivity contribution in [3.05, 3.63) is 144 Å². The second kappa shape index (κ2) is 15.1. The van der Waals surface area contributed by atoms with Gasteiger partial charge in [0.25, 0.3) is 0 Å². The molecule has 8 rings (SSSR count). The standard InChI is InChI=1S/C41H28N6O2.2Pt/c1-25-15-27(3)39(43-21-25)29-7-5-9-31(17-29)48-33-11-13-35-36-14-12-34(20-38(36)47(37(35)19-33)41-45-23-42-24-46-41)49-32-10-6-8-30(18-32)40-28(4)16-26(2)22-44-40;;/h5-16,21-24H,1-4H3;;/q-4;2*+2. The van der Waals surface area contributed by atoms with Crippen LogP contribution in [0.15, 0.2) is 97.8 Å². The molecule has 0 atom stereocenters. The Kier molecular flexibility index (Phi) is 10.6. The molecule has 0 saturated carbocycles. The van der Waals surface area contributed by atoms with Crippen LogP contribution in [0.25, 0.3) is 50.3 Å². The second-order valence-electron chi connectivity index (χ2n) is 11.9. The molecule has 4 aromatic heterocycles. The molecule has 0 aliphatic heterocycles. The van der Waals surface area contributed by atoms with Gasteiger partial charge < -0.3 is 24.0 Å². The van der Waals surface area contributed by atoms with Crippen molar-refractivity contribution >= 4 is 21.8 Å². The summed E-state index contributed by atoms with van der Waals surface area (Å²) >= 11 is 0. The maximum Gasteiger partial charge on any atom is 2.00 e. The van der Waals surface area contributed by atoms with Crippen molar-refractivity contribution in [3.8, 4) is 51.5 Å². The van der Waals surface area contributed by atoms with Crippen molar-refractivity contribution in [1.29, 1.82) is 0 Å². The van der Waals surface area contributed by atoms with Crippen LogP contribution >= 0.6 is 0 Å². The van der Waals surface area contributed by atoms with E-state index in [2.05, 4.69) is 61.3 Å². The Morgan fingerprint density at radius 1 is 0.529 bits per heavy atom. The summed E-state index contributed by atoms with van der Waals surface area (Å²) in [5, 5.41) is 1.86. The van der Waals surface area contributed by atoms with Gasteiger partial charge in [0.15, 0.2) is 0 Å². The van der Waals surface area contributed by atoms with Gasteiger partial charge in [0.05, 0.1) is 0 Å². The Morgan fingerprint density at radius 3 is 1.43 bits per heavy atom. The van der Waals surface area contributed by atoms with Crippen molar-refractivity contribution in [2.45, 2.75) is 27.7 Å². The molecule has 0 fully saturated rings. The maximum absolute atomic E-state index is 6.31. The van der Waals surface area contributed by atoms with Gasteiger partial charge in [-0.3, -0.25) is 0 Å². The minimum atomic E-state index is 0. The van der Waals surface area contributed by atoms with Gasteiger partial charge >= 0.3 is 42.1 Å². The molecule has 10 heteroatoms. The first-order valence-electron chi connectivity index (χ1n) is 15.7. The van der Waals surface area contributed by atoms with Crippen molar-refractivity contribution in [1.82, 2.24) is 29.5 Å². The fourth-order valence-corrected chi connectivity index (χ4v) is 6.02. The van der Waals surface area contributed by atoms with E-state index in [0.717, 1.165) is 55.5 Å². The van der Waals surface area contributed by atoms with E-state index in [9.17, 15) is 0 Å². The molecule has 4 aromatic carbocycles. The Labute approximate surface area is 324 Å². The molecule has 0 radical (unpaired) electrons. The number of fused-ring (bicyclic) bond motifs is 3. The topological polar surface area (TPSA) is 87.8 Å². The number of ether oxygens (including phenoxy) is 2. The van der Waals surface area contributed by atoms with E-state index in [0.29, 0.717) is 40.0 Å². The van der Waals surface area contributed by atoms with E-state index in [1.165, 1.54) is 12.7 Å². The van der Waals surface area contributed by atoms with E-state index in [-0.39, 0.29) is 42.1 Å². The van der Waals surface area contributed by atoms with Crippen molar-refractivity contribution in [2.24, 2.45) is 0 Å². The molecule has 8 nitrogen and oxygen atoms in total. The van der Waals surface area contributed by atoms with Crippen molar-refractivity contribution in [2.75, 3.05) is 0 Å². The van der Waals surface area contributed by atoms with E-state index < -0.39 is 0 Å². The number of hydrogen-bond acceptors (Lipinski definition) is 7. The summed E-state index contributed by atoms with van der Waals surface area (Å²) in [5.74, 6) is 2.54. The second-order valence-corrected chi connectivity index (χ2v) is 11.9. The summed E-state index contributed by atoms with van der Waals surface area (Å²) < 4.78 is 14.5. The number of hydrogen-bond donors (Lipinski definition) is 0. The summed E-state index contributed by atoms with van der Waals surface area (Å²) in [6, 6.07) is 37.2. The van der Waals surface area contributed by atoms with Crippen LogP contribution < -0.4 is 9.47 Å². The zero-order valence-corrected chi connectivity index (χ0v) is 32.4. The third-order valence-electron chi connectivity index (χ3n) is 8.13. The van der Waals surface area contributed by atoms with Crippen LogP contribution in [0.4, 0.5) is 0 Å². The van der Waals surface area contributed by atoms with E-state index in [1.54, 1.807) is 0 Å². The number of aryl methyl sites for hydroxylation is 4. The fraction of sp³-hybridized carbons (Fsp3) is 0.0976. The molecule has 0 N–H and O–H groups in total. The Bertz CT molecular complexity index is 2370. The molecule has 4 heterocycles. The summed E-state index contributed by atoms with van der Waals surface area (Å²) in [5.41, 5.74) is 9.24. The van der Waals surface area contributed by atoms with Crippen molar-refractivity contribution in [3.63, 3.8) is 0 Å². The van der Waals surface area contributed by atoms with Crippen LogP contribution in [-0.4, -0.2) is 29.5 Å². The summed E-state index contributed by atoms with van der Waals surface area (Å²) in [4.78, 5) is 22.2. The van der Waals surface area contributed by atoms with E-state index in [1.807, 2.05) is 105 Å². The summed E-state index contributed by atoms with van der Waals surface area (Å²) in [6.07, 6.45) is 6.64. The summed E-state index contributed by atoms with van der Waals surface area (Å²) in [7, 11) is 0. The quantitative estimate of drug-likeness (QED) is 0.147. The fourth-order valence-electron chi connectivity index (χ4n) is 6.02. The van der Waals surface area contributed by atoms with Crippen LogP contribution in [0.5, 0.6) is 23.0 Å². The number of benzene rings is 4. The molecule has 0 aliphatic carbocycles. The van der Waals surface area contributed by atoms with Crippen molar-refractivity contribution < 1.29 is 51.6 Å². The van der Waals surface area contributed by atoms with Gasteiger partial charge in [0, 0.05) is 35.4 Å². The molecule has 0 bridgehead atoms. The Balaban J connectivity index is 0.00000224. The molecule has 0 unspecified atom stereocenters. The van der Waals surface area contributed by atoms with Crippen LogP contribution in [0.3, 0.4) is 0 Å². The first kappa shape index (κ1) is 35.8. The van der Waals surface area contributed by atoms with Gasteiger partial charge in [-0.25, -0.2) is 15.0 Å². The zero-order valence-electron chi connectivity index (χ0n) is 27.9. The van der Waals surface area contributed by atoms with Crippen LogP contribution in [0.2, 0.25) is 0 Å². The van der Waals surface area contributed by atoms with Gasteiger partial charge in [-0.05, 0) is 50.2 Å². The van der Waals surface area contributed by atoms with Crippen LogP contribution in [-0.2, 0) is 42.1 Å². The van der Waals surface area contributed by atoms with E-state index >= 15 is 0 Å². The van der Waals surface area contributed by atoms with Gasteiger partial charge in [-0.2, -0.15) is 22.9 Å². The molecule has 0 amide bonds. The van der Waals surface area contributed by atoms with Gasteiger partial charge in [0.2, 0.25) is 5.95 Å². The predicted molar refractivity (Wildman–Crippen MR) is 188 cm³/mol. The zero-order chi connectivity index (χ0) is 33.5. The Morgan fingerprint density at radius 2 is 0.980 bits per heavy atom. The molecule has 51 heavy (non-hydrogen) atoms. The minimum Gasteiger partial charge on any atom is -0.503 e. The molecular weight excluding hydrogens is 999 g/mol. The average Bonchev–Trinajstić information content (AvgIpc) is 3.41. The molecule has 0 saturated heterocycles. The maximum atomic E-state index is 6.31. The first-order chi connectivity index (χ1) is 23.9. The average molecular weight is 1030 g/mol. The molecule has 8 aromatic rings. The van der Waals surface area contributed by atoms with Crippen LogP contribution in [0, 0.1) is 52.0 Å². The van der Waals surface area contributed by atoms with Gasteiger partial charge in [0.1, 0.15) is 12.7 Å². The Hall–Kier alpha value is -5.03. The largest absolute Gasteiger partial charge is 2.00 e. The van der Waals surface area contributed by atoms with Gasteiger partial charge in [-0.15, -0.1) is 71.8 Å². The molecule has 0 spiro atoms. The summed E-state index contributed by atoms with van der Waals surface area (Å²) in [6.45, 7) is 8.16. The number of aromatic nitrogens is 6. The van der Waals surface area contributed by atoms with Gasteiger partial charge in [-0.1, -0.05) is 46.4 Å². The molecular formula is C41H28N6O2Pt2. The SMILES string of the molecule is Cc1cnc(-c2[c-]c(Oc3[c-]c4c(cc3)c3ccc(Oc5[c-]c(-c6ncc(C)cc6C)ccc5)[c-]c3n4-c3ncncn3)ccc2)c(C)c1.[Pt+2].[Pt+2]. The third-order valence-corrected chi connectivity index (χ3v) is 8.13. The normalized spacial score (nSPS) is 10.8. The predicted octanol–water partition coefficient (Wildman–Crippen LogP) is 9.11. The minimum absolute atomic E-state index is 0. The number of nitrogens with zero attached hydrogens (tertiary/aromatic N) is 6. The molecule has 254 valence electrons. The number of rotatable bonds is 7. The first-order valence-corrected chi connectivity index (χ1v) is 15.7. The third kappa shape index (κ3) is 7.26. The van der Waals surface area contributed by atoms with Crippen LogP contribution in [0.1, 0.15) is 22.3 Å². The monoisotopic (exact) mass is 1030 g/mol.